The number of rotatable bonds is 2. The molecule has 0 saturated carbocycles. The van der Waals surface area contributed by atoms with E-state index in [1.807, 2.05) is 6.07 Å². The first kappa shape index (κ1) is 12.3. The molecule has 1 aliphatic heterocycles. The highest BCUT2D eigenvalue weighted by Gasteiger charge is 2.27. The minimum atomic E-state index is -0.602. The lowest BCUT2D eigenvalue weighted by Crippen LogP contribution is -2.46. The Morgan fingerprint density at radius 3 is 2.67 bits per heavy atom. The zero-order chi connectivity index (χ0) is 13.1. The van der Waals surface area contributed by atoms with Gasteiger partial charge >= 0.3 is 0 Å². The number of nitriles is 1. The van der Waals surface area contributed by atoms with Gasteiger partial charge in [-0.15, -0.1) is 0 Å². The molecule has 0 bridgehead atoms. The van der Waals surface area contributed by atoms with Crippen molar-refractivity contribution in [2.45, 2.75) is 13.0 Å². The van der Waals surface area contributed by atoms with Crippen molar-refractivity contribution in [2.75, 3.05) is 18.1 Å². The summed E-state index contributed by atoms with van der Waals surface area (Å²) in [6.07, 6.45) is -0.602. The van der Waals surface area contributed by atoms with Crippen LogP contribution in [0.4, 0.5) is 5.69 Å². The molecule has 1 fully saturated rings. The Labute approximate surface area is 105 Å². The SMILES string of the molecule is CC(=O)c1ccc(N2CC(C#N)OCC2=O)cc1. The van der Waals surface area contributed by atoms with Gasteiger partial charge in [0, 0.05) is 11.3 Å². The van der Waals surface area contributed by atoms with Crippen LogP contribution in [0, 0.1) is 11.3 Å². The molecular formula is C13H12N2O3. The fraction of sp³-hybridized carbons (Fsp3) is 0.308. The first-order valence-electron chi connectivity index (χ1n) is 5.54. The van der Waals surface area contributed by atoms with E-state index >= 15 is 0 Å². The molecule has 1 amide bonds. The number of hydrogen-bond donors (Lipinski definition) is 0. The van der Waals surface area contributed by atoms with Gasteiger partial charge in [-0.1, -0.05) is 0 Å². The van der Waals surface area contributed by atoms with E-state index in [1.54, 1.807) is 24.3 Å². The van der Waals surface area contributed by atoms with Crippen molar-refractivity contribution in [1.29, 1.82) is 5.26 Å². The van der Waals surface area contributed by atoms with Gasteiger partial charge in [0.25, 0.3) is 5.91 Å². The molecule has 1 unspecified atom stereocenters. The second kappa shape index (κ2) is 4.98. The number of carbonyl (C=O) groups excluding carboxylic acids is 2. The highest BCUT2D eigenvalue weighted by molar-refractivity contribution is 5.97. The Hall–Kier alpha value is -2.19. The molecule has 0 radical (unpaired) electrons. The smallest absolute Gasteiger partial charge is 0.253 e. The Kier molecular flexibility index (Phi) is 3.40. The van der Waals surface area contributed by atoms with Crippen LogP contribution in [0.1, 0.15) is 17.3 Å². The Bertz CT molecular complexity index is 516. The molecule has 1 aliphatic rings. The third kappa shape index (κ3) is 2.39. The molecule has 0 aromatic heterocycles. The van der Waals surface area contributed by atoms with Gasteiger partial charge in [0.05, 0.1) is 12.6 Å². The third-order valence-electron chi connectivity index (χ3n) is 2.79. The Balaban J connectivity index is 2.22. The molecule has 18 heavy (non-hydrogen) atoms. The molecule has 1 heterocycles. The fourth-order valence-electron chi connectivity index (χ4n) is 1.77. The van der Waals surface area contributed by atoms with Crippen molar-refractivity contribution in [3.05, 3.63) is 29.8 Å². The average molecular weight is 244 g/mol. The normalized spacial score (nSPS) is 19.4. The van der Waals surface area contributed by atoms with E-state index in [0.29, 0.717) is 11.3 Å². The van der Waals surface area contributed by atoms with Crippen LogP contribution >= 0.6 is 0 Å². The molecule has 1 aromatic rings. The lowest BCUT2D eigenvalue weighted by atomic mass is 10.1. The number of anilines is 1. The number of benzene rings is 1. The summed E-state index contributed by atoms with van der Waals surface area (Å²) in [5, 5.41) is 8.80. The van der Waals surface area contributed by atoms with Crippen molar-refractivity contribution in [1.82, 2.24) is 0 Å². The van der Waals surface area contributed by atoms with Crippen LogP contribution in [0.15, 0.2) is 24.3 Å². The summed E-state index contributed by atoms with van der Waals surface area (Å²) in [7, 11) is 0. The zero-order valence-corrected chi connectivity index (χ0v) is 9.92. The monoisotopic (exact) mass is 244 g/mol. The highest BCUT2D eigenvalue weighted by atomic mass is 16.5. The van der Waals surface area contributed by atoms with E-state index in [9.17, 15) is 9.59 Å². The molecule has 1 atom stereocenters. The van der Waals surface area contributed by atoms with Crippen molar-refractivity contribution in [3.8, 4) is 6.07 Å². The topological polar surface area (TPSA) is 70.4 Å². The highest BCUT2D eigenvalue weighted by Crippen LogP contribution is 2.19. The molecule has 5 heteroatoms. The Morgan fingerprint density at radius 2 is 2.11 bits per heavy atom. The van der Waals surface area contributed by atoms with Crippen molar-refractivity contribution in [2.24, 2.45) is 0 Å². The van der Waals surface area contributed by atoms with Gasteiger partial charge in [0.2, 0.25) is 0 Å². The Morgan fingerprint density at radius 1 is 1.44 bits per heavy atom. The van der Waals surface area contributed by atoms with Crippen LogP contribution < -0.4 is 4.90 Å². The van der Waals surface area contributed by atoms with Gasteiger partial charge in [-0.2, -0.15) is 5.26 Å². The predicted octanol–water partition coefficient (Wildman–Crippen LogP) is 1.14. The van der Waals surface area contributed by atoms with E-state index in [0.717, 1.165) is 0 Å². The number of carbonyl (C=O) groups is 2. The summed E-state index contributed by atoms with van der Waals surface area (Å²) in [6.45, 7) is 1.61. The molecule has 92 valence electrons. The molecular weight excluding hydrogens is 232 g/mol. The lowest BCUT2D eigenvalue weighted by Gasteiger charge is -2.29. The van der Waals surface area contributed by atoms with Gasteiger partial charge in [-0.25, -0.2) is 0 Å². The average Bonchev–Trinajstić information content (AvgIpc) is 2.39. The minimum absolute atomic E-state index is 0.0234. The maximum atomic E-state index is 11.7. The van der Waals surface area contributed by atoms with Crippen molar-refractivity contribution >= 4 is 17.4 Å². The van der Waals surface area contributed by atoms with Crippen molar-refractivity contribution < 1.29 is 14.3 Å². The van der Waals surface area contributed by atoms with E-state index in [4.69, 9.17) is 10.00 Å². The first-order valence-corrected chi connectivity index (χ1v) is 5.54. The van der Waals surface area contributed by atoms with Crippen LogP contribution in [0.3, 0.4) is 0 Å². The molecule has 2 rings (SSSR count). The van der Waals surface area contributed by atoms with Crippen LogP contribution in [0.25, 0.3) is 0 Å². The predicted molar refractivity (Wildman–Crippen MR) is 64.2 cm³/mol. The molecule has 5 nitrogen and oxygen atoms in total. The number of ether oxygens (including phenoxy) is 1. The van der Waals surface area contributed by atoms with Gasteiger partial charge < -0.3 is 9.64 Å². The fourth-order valence-corrected chi connectivity index (χ4v) is 1.77. The third-order valence-corrected chi connectivity index (χ3v) is 2.79. The molecule has 0 N–H and O–H groups in total. The standard InChI is InChI=1S/C13H12N2O3/c1-9(16)10-2-4-11(5-3-10)15-7-12(6-14)18-8-13(15)17/h2-5,12H,7-8H2,1H3. The van der Waals surface area contributed by atoms with Crippen LogP contribution in [-0.4, -0.2) is 30.9 Å². The van der Waals surface area contributed by atoms with Crippen LogP contribution in [-0.2, 0) is 9.53 Å². The van der Waals surface area contributed by atoms with E-state index in [-0.39, 0.29) is 24.8 Å². The summed E-state index contributed by atoms with van der Waals surface area (Å²) >= 11 is 0. The van der Waals surface area contributed by atoms with E-state index in [1.165, 1.54) is 11.8 Å². The maximum absolute atomic E-state index is 11.7. The second-order valence-electron chi connectivity index (χ2n) is 4.04. The number of morpholine rings is 1. The van der Waals surface area contributed by atoms with Gasteiger partial charge in [-0.05, 0) is 31.2 Å². The summed E-state index contributed by atoms with van der Waals surface area (Å²) in [6, 6.07) is 8.73. The summed E-state index contributed by atoms with van der Waals surface area (Å²) < 4.78 is 5.05. The first-order chi connectivity index (χ1) is 8.61. The summed E-state index contributed by atoms with van der Waals surface area (Å²) in [5.41, 5.74) is 1.27. The van der Waals surface area contributed by atoms with E-state index < -0.39 is 6.10 Å². The quantitative estimate of drug-likeness (QED) is 0.731. The van der Waals surface area contributed by atoms with E-state index in [2.05, 4.69) is 0 Å². The van der Waals surface area contributed by atoms with Gasteiger partial charge in [0.15, 0.2) is 11.9 Å². The number of hydrogen-bond acceptors (Lipinski definition) is 4. The largest absolute Gasteiger partial charge is 0.352 e. The van der Waals surface area contributed by atoms with Crippen LogP contribution in [0.5, 0.6) is 0 Å². The summed E-state index contributed by atoms with van der Waals surface area (Å²) in [4.78, 5) is 24.4. The van der Waals surface area contributed by atoms with Crippen LogP contribution in [0.2, 0.25) is 0 Å². The number of ketones is 1. The molecule has 1 aromatic carbocycles. The number of nitrogens with zero attached hydrogens (tertiary/aromatic N) is 2. The second-order valence-corrected chi connectivity index (χ2v) is 4.04. The van der Waals surface area contributed by atoms with Gasteiger partial charge in [0.1, 0.15) is 6.61 Å². The summed E-state index contributed by atoms with van der Waals surface area (Å²) in [5.74, 6) is -0.207. The van der Waals surface area contributed by atoms with Crippen molar-refractivity contribution in [3.63, 3.8) is 0 Å². The number of Topliss-reactive ketones (excluding diaryl/α,β-unsaturated/α-hetero) is 1. The number of amides is 1. The minimum Gasteiger partial charge on any atom is -0.352 e. The zero-order valence-electron chi connectivity index (χ0n) is 9.92. The lowest BCUT2D eigenvalue weighted by molar-refractivity contribution is -0.127. The molecule has 0 spiro atoms. The maximum Gasteiger partial charge on any atom is 0.253 e. The molecule has 0 aliphatic carbocycles. The van der Waals surface area contributed by atoms with Gasteiger partial charge in [-0.3, -0.25) is 9.59 Å². The molecule has 1 saturated heterocycles.